The first-order valence-electron chi connectivity index (χ1n) is 7.74. The minimum Gasteiger partial charge on any atom is -0.454 e. The number of carbonyl (C=O) groups is 2. The van der Waals surface area contributed by atoms with Crippen molar-refractivity contribution in [1.29, 1.82) is 0 Å². The maximum Gasteiger partial charge on any atom is 0.295 e. The first-order chi connectivity index (χ1) is 12.6. The molecule has 2 amide bonds. The molecule has 0 aliphatic carbocycles. The van der Waals surface area contributed by atoms with E-state index in [-0.39, 0.29) is 30.4 Å². The molecule has 2 aliphatic rings. The molecule has 0 saturated carbocycles. The Bertz CT molecular complexity index is 914. The van der Waals surface area contributed by atoms with E-state index < -0.39 is 0 Å². The summed E-state index contributed by atoms with van der Waals surface area (Å²) in [7, 11) is 0. The lowest BCUT2D eigenvalue weighted by Gasteiger charge is -2.14. The van der Waals surface area contributed by atoms with Crippen molar-refractivity contribution < 1.29 is 23.5 Å². The van der Waals surface area contributed by atoms with Crippen LogP contribution in [0, 0.1) is 5.82 Å². The van der Waals surface area contributed by atoms with Gasteiger partial charge in [0.2, 0.25) is 6.79 Å². The van der Waals surface area contributed by atoms with Crippen LogP contribution in [-0.2, 0) is 4.79 Å². The van der Waals surface area contributed by atoms with Crippen molar-refractivity contribution in [3.8, 4) is 11.5 Å². The molecule has 2 aromatic rings. The lowest BCUT2D eigenvalue weighted by atomic mass is 10.2. The minimum absolute atomic E-state index is 0.00871. The van der Waals surface area contributed by atoms with Gasteiger partial charge in [0.15, 0.2) is 11.5 Å². The molecule has 1 saturated heterocycles. The van der Waals surface area contributed by atoms with E-state index in [1.807, 2.05) is 0 Å². The highest BCUT2D eigenvalue weighted by Crippen LogP contribution is 2.36. The molecule has 2 aromatic carbocycles. The second-order valence-electron chi connectivity index (χ2n) is 5.56. The van der Waals surface area contributed by atoms with Crippen LogP contribution in [-0.4, -0.2) is 29.5 Å². The number of imide groups is 1. The number of rotatable bonds is 4. The molecule has 2 aliphatic heterocycles. The summed E-state index contributed by atoms with van der Waals surface area (Å²) < 4.78 is 23.5. The van der Waals surface area contributed by atoms with Crippen LogP contribution in [0.25, 0.3) is 6.08 Å². The summed E-state index contributed by atoms with van der Waals surface area (Å²) in [6, 6.07) is 11.0. The van der Waals surface area contributed by atoms with Gasteiger partial charge in [-0.15, -0.1) is 0 Å². The Morgan fingerprint density at radius 3 is 2.69 bits per heavy atom. The maximum atomic E-state index is 12.9. The quantitative estimate of drug-likeness (QED) is 0.826. The van der Waals surface area contributed by atoms with E-state index >= 15 is 0 Å². The van der Waals surface area contributed by atoms with Gasteiger partial charge < -0.3 is 14.8 Å². The fourth-order valence-corrected chi connectivity index (χ4v) is 3.37. The van der Waals surface area contributed by atoms with E-state index in [1.54, 1.807) is 24.3 Å². The third kappa shape index (κ3) is 3.23. The maximum absolute atomic E-state index is 12.9. The van der Waals surface area contributed by atoms with Crippen LogP contribution in [0.3, 0.4) is 0 Å². The number of thioether (sulfide) groups is 1. The molecular weight excluding hydrogens is 359 g/mol. The van der Waals surface area contributed by atoms with Gasteiger partial charge in [0.05, 0.1) is 11.6 Å². The van der Waals surface area contributed by atoms with E-state index in [0.717, 1.165) is 22.2 Å². The molecule has 26 heavy (non-hydrogen) atoms. The highest BCUT2D eigenvalue weighted by molar-refractivity contribution is 8.18. The largest absolute Gasteiger partial charge is 0.454 e. The monoisotopic (exact) mass is 372 g/mol. The number of carbonyl (C=O) groups excluding carboxylic acids is 2. The highest BCUT2D eigenvalue weighted by atomic mass is 32.2. The zero-order valence-corrected chi connectivity index (χ0v) is 14.2. The zero-order valence-electron chi connectivity index (χ0n) is 13.4. The summed E-state index contributed by atoms with van der Waals surface area (Å²) in [5.41, 5.74) is 1.36. The molecule has 0 atom stereocenters. The minimum atomic E-state index is -0.382. The summed E-state index contributed by atoms with van der Waals surface area (Å²) in [4.78, 5) is 26.1. The number of anilines is 1. The van der Waals surface area contributed by atoms with Crippen LogP contribution in [0.1, 0.15) is 5.56 Å². The number of benzene rings is 2. The van der Waals surface area contributed by atoms with E-state index in [0.29, 0.717) is 22.1 Å². The Morgan fingerprint density at radius 1 is 1.12 bits per heavy atom. The average molecular weight is 372 g/mol. The second kappa shape index (κ2) is 6.72. The highest BCUT2D eigenvalue weighted by Gasteiger charge is 2.34. The van der Waals surface area contributed by atoms with Crippen molar-refractivity contribution in [2.24, 2.45) is 0 Å². The number of nitrogens with one attached hydrogen (secondary N) is 1. The lowest BCUT2D eigenvalue weighted by Crippen LogP contribution is -2.33. The van der Waals surface area contributed by atoms with Crippen LogP contribution in [0.2, 0.25) is 0 Å². The first kappa shape index (κ1) is 16.5. The zero-order chi connectivity index (χ0) is 18.1. The molecule has 0 aromatic heterocycles. The Balaban J connectivity index is 1.47. The predicted octanol–water partition coefficient (Wildman–Crippen LogP) is 3.66. The molecule has 0 bridgehead atoms. The molecule has 0 unspecified atom stereocenters. The average Bonchev–Trinajstić information content (AvgIpc) is 3.20. The molecule has 4 rings (SSSR count). The number of ether oxygens (including phenoxy) is 2. The van der Waals surface area contributed by atoms with Gasteiger partial charge >= 0.3 is 0 Å². The van der Waals surface area contributed by atoms with Crippen LogP contribution in [0.15, 0.2) is 47.4 Å². The van der Waals surface area contributed by atoms with Crippen LogP contribution < -0.4 is 14.8 Å². The van der Waals surface area contributed by atoms with Crippen LogP contribution in [0.4, 0.5) is 14.9 Å². The van der Waals surface area contributed by atoms with Gasteiger partial charge in [0.25, 0.3) is 11.1 Å². The van der Waals surface area contributed by atoms with Crippen molar-refractivity contribution >= 4 is 34.7 Å². The molecule has 0 spiro atoms. The van der Waals surface area contributed by atoms with Crippen molar-refractivity contribution in [1.82, 2.24) is 4.90 Å². The summed E-state index contributed by atoms with van der Waals surface area (Å²) in [5.74, 6) is 0.523. The van der Waals surface area contributed by atoms with E-state index in [2.05, 4.69) is 5.32 Å². The summed E-state index contributed by atoms with van der Waals surface area (Å²) in [6.07, 6.45) is 1.64. The Labute approximate surface area is 152 Å². The molecule has 0 radical (unpaired) electrons. The van der Waals surface area contributed by atoms with Crippen molar-refractivity contribution in [3.63, 3.8) is 0 Å². The molecule has 1 fully saturated rings. The topological polar surface area (TPSA) is 67.9 Å². The van der Waals surface area contributed by atoms with Gasteiger partial charge in [0, 0.05) is 5.69 Å². The fourth-order valence-electron chi connectivity index (χ4n) is 2.53. The Kier molecular flexibility index (Phi) is 4.26. The number of halogens is 1. The van der Waals surface area contributed by atoms with Crippen LogP contribution in [0.5, 0.6) is 11.5 Å². The molecular formula is C18H13FN2O4S. The number of hydrogen-bond donors (Lipinski definition) is 1. The van der Waals surface area contributed by atoms with E-state index in [4.69, 9.17) is 9.47 Å². The van der Waals surface area contributed by atoms with Gasteiger partial charge in [-0.05, 0) is 59.8 Å². The van der Waals surface area contributed by atoms with Crippen molar-refractivity contribution in [3.05, 3.63) is 58.8 Å². The normalized spacial score (nSPS) is 17.3. The van der Waals surface area contributed by atoms with Gasteiger partial charge in [0.1, 0.15) is 5.82 Å². The molecule has 8 heteroatoms. The van der Waals surface area contributed by atoms with Gasteiger partial charge in [-0.25, -0.2) is 4.39 Å². The molecule has 1 N–H and O–H groups in total. The Hall–Kier alpha value is -3.00. The number of amides is 2. The number of nitrogens with zero attached hydrogens (tertiary/aromatic N) is 1. The van der Waals surface area contributed by atoms with Gasteiger partial charge in [-0.1, -0.05) is 6.07 Å². The van der Waals surface area contributed by atoms with Crippen molar-refractivity contribution in [2.75, 3.05) is 18.8 Å². The van der Waals surface area contributed by atoms with Gasteiger partial charge in [-0.2, -0.15) is 0 Å². The first-order valence-corrected chi connectivity index (χ1v) is 8.56. The second-order valence-corrected chi connectivity index (χ2v) is 6.56. The van der Waals surface area contributed by atoms with Crippen LogP contribution >= 0.6 is 11.8 Å². The Morgan fingerprint density at radius 2 is 1.88 bits per heavy atom. The third-order valence-electron chi connectivity index (χ3n) is 3.85. The smallest absolute Gasteiger partial charge is 0.295 e. The SMILES string of the molecule is O=C1S/C(=C\c2ccc3c(c2)OCO3)C(=O)N1CNc1ccc(F)cc1. The third-order valence-corrected chi connectivity index (χ3v) is 4.76. The standard InChI is InChI=1S/C18H13FN2O4S/c19-12-2-4-13(5-3-12)20-9-21-17(22)16(26-18(21)23)8-11-1-6-14-15(7-11)25-10-24-14/h1-8,20H,9-10H2/b16-8-. The van der Waals surface area contributed by atoms with Gasteiger partial charge in [-0.3, -0.25) is 14.5 Å². The fraction of sp³-hybridized carbons (Fsp3) is 0.111. The van der Waals surface area contributed by atoms with E-state index in [9.17, 15) is 14.0 Å². The molecule has 6 nitrogen and oxygen atoms in total. The predicted molar refractivity (Wildman–Crippen MR) is 95.3 cm³/mol. The molecule has 2 heterocycles. The number of hydrogen-bond acceptors (Lipinski definition) is 6. The lowest BCUT2D eigenvalue weighted by molar-refractivity contribution is -0.122. The molecule has 132 valence electrons. The summed E-state index contributed by atoms with van der Waals surface area (Å²) >= 11 is 0.874. The van der Waals surface area contributed by atoms with Crippen molar-refractivity contribution in [2.45, 2.75) is 0 Å². The summed E-state index contributed by atoms with van der Waals surface area (Å²) in [5, 5.41) is 2.57. The summed E-state index contributed by atoms with van der Waals surface area (Å²) in [6.45, 7) is 0.180. The van der Waals surface area contributed by atoms with E-state index in [1.165, 1.54) is 24.3 Å². The number of fused-ring (bicyclic) bond motifs is 1.